The first-order valence-corrected chi connectivity index (χ1v) is 8.06. The molecule has 2 nitrogen and oxygen atoms in total. The van der Waals surface area contributed by atoms with E-state index in [0.717, 1.165) is 5.92 Å². The highest BCUT2D eigenvalue weighted by Gasteiger charge is 2.31. The summed E-state index contributed by atoms with van der Waals surface area (Å²) >= 11 is 0. The predicted octanol–water partition coefficient (Wildman–Crippen LogP) is 3.77. The molecule has 1 rings (SSSR count). The molecule has 1 fully saturated rings. The van der Waals surface area contributed by atoms with Gasteiger partial charge in [-0.2, -0.15) is 0 Å². The molecule has 2 heteroatoms. The summed E-state index contributed by atoms with van der Waals surface area (Å²) in [5.41, 5.74) is 0.820. The monoisotopic (exact) mass is 268 g/mol. The van der Waals surface area contributed by atoms with Crippen molar-refractivity contribution < 1.29 is 0 Å². The van der Waals surface area contributed by atoms with Crippen molar-refractivity contribution in [1.82, 2.24) is 10.2 Å². The Kier molecular flexibility index (Phi) is 5.88. The van der Waals surface area contributed by atoms with E-state index in [-0.39, 0.29) is 0 Å². The van der Waals surface area contributed by atoms with Crippen LogP contribution in [0.1, 0.15) is 60.8 Å². The Labute approximate surface area is 121 Å². The van der Waals surface area contributed by atoms with Gasteiger partial charge in [0, 0.05) is 12.6 Å². The van der Waals surface area contributed by atoms with E-state index in [2.05, 4.69) is 58.8 Å². The van der Waals surface area contributed by atoms with Gasteiger partial charge in [-0.15, -0.1) is 0 Å². The molecule has 0 radical (unpaired) electrons. The Balaban J connectivity index is 2.54. The minimum absolute atomic E-state index is 0.344. The smallest absolute Gasteiger partial charge is 0.00991 e. The van der Waals surface area contributed by atoms with Crippen LogP contribution in [0.2, 0.25) is 0 Å². The third-order valence-electron chi connectivity index (χ3n) is 5.28. The number of hydrogen-bond acceptors (Lipinski definition) is 2. The largest absolute Gasteiger partial charge is 0.317 e. The second kappa shape index (κ2) is 6.58. The van der Waals surface area contributed by atoms with Crippen molar-refractivity contribution in [2.75, 3.05) is 26.7 Å². The fraction of sp³-hybridized carbons (Fsp3) is 1.00. The molecule has 0 aromatic rings. The van der Waals surface area contributed by atoms with Crippen molar-refractivity contribution >= 4 is 0 Å². The van der Waals surface area contributed by atoms with Crippen molar-refractivity contribution in [3.8, 4) is 0 Å². The molecule has 2 atom stereocenters. The lowest BCUT2D eigenvalue weighted by atomic mass is 9.77. The Morgan fingerprint density at radius 2 is 1.74 bits per heavy atom. The van der Waals surface area contributed by atoms with Crippen LogP contribution in [0.4, 0.5) is 0 Å². The Morgan fingerprint density at radius 3 is 2.26 bits per heavy atom. The molecule has 1 saturated heterocycles. The zero-order valence-electron chi connectivity index (χ0n) is 14.3. The standard InChI is InChI=1S/C17H36N2/c1-14(18-7)17(5,6)13-19-11-8-9-15(10-12-19)16(2,3)4/h14-15,18H,8-13H2,1-7H3. The van der Waals surface area contributed by atoms with E-state index in [1.807, 2.05) is 0 Å². The number of nitrogens with one attached hydrogen (secondary N) is 1. The fourth-order valence-corrected chi connectivity index (χ4v) is 3.28. The molecule has 1 aliphatic heterocycles. The van der Waals surface area contributed by atoms with Crippen LogP contribution in [0, 0.1) is 16.7 Å². The van der Waals surface area contributed by atoms with Crippen molar-refractivity contribution in [2.24, 2.45) is 16.7 Å². The minimum atomic E-state index is 0.344. The van der Waals surface area contributed by atoms with Crippen molar-refractivity contribution in [1.29, 1.82) is 0 Å². The summed E-state index contributed by atoms with van der Waals surface area (Å²) < 4.78 is 0. The van der Waals surface area contributed by atoms with E-state index in [1.54, 1.807) is 0 Å². The summed E-state index contributed by atoms with van der Waals surface area (Å²) in [5, 5.41) is 3.42. The van der Waals surface area contributed by atoms with Crippen LogP contribution in [-0.4, -0.2) is 37.6 Å². The third-order valence-corrected chi connectivity index (χ3v) is 5.28. The summed E-state index contributed by atoms with van der Waals surface area (Å²) in [7, 11) is 2.07. The molecule has 0 aliphatic carbocycles. The van der Waals surface area contributed by atoms with Gasteiger partial charge < -0.3 is 10.2 Å². The maximum absolute atomic E-state index is 3.42. The normalized spacial score (nSPS) is 25.1. The highest BCUT2D eigenvalue weighted by molar-refractivity contribution is 4.85. The molecule has 1 N–H and O–H groups in total. The molecule has 0 saturated carbocycles. The molecule has 0 aromatic heterocycles. The second-order valence-electron chi connectivity index (χ2n) is 8.27. The van der Waals surface area contributed by atoms with Crippen LogP contribution in [0.3, 0.4) is 0 Å². The Morgan fingerprint density at radius 1 is 1.11 bits per heavy atom. The molecular weight excluding hydrogens is 232 g/mol. The Bertz CT molecular complexity index is 265. The van der Waals surface area contributed by atoms with Gasteiger partial charge in [0.05, 0.1) is 0 Å². The summed E-state index contributed by atoms with van der Waals surface area (Å²) in [6.07, 6.45) is 4.14. The zero-order valence-corrected chi connectivity index (χ0v) is 14.3. The molecule has 114 valence electrons. The lowest BCUT2D eigenvalue weighted by Gasteiger charge is -2.37. The van der Waals surface area contributed by atoms with Crippen LogP contribution < -0.4 is 5.32 Å². The van der Waals surface area contributed by atoms with Gasteiger partial charge in [0.1, 0.15) is 0 Å². The minimum Gasteiger partial charge on any atom is -0.317 e. The summed E-state index contributed by atoms with van der Waals surface area (Å²) in [6.45, 7) is 18.1. The zero-order chi connectivity index (χ0) is 14.7. The van der Waals surface area contributed by atoms with Gasteiger partial charge in [0.15, 0.2) is 0 Å². The molecule has 0 amide bonds. The van der Waals surface area contributed by atoms with Crippen molar-refractivity contribution in [3.63, 3.8) is 0 Å². The Hall–Kier alpha value is -0.0800. The van der Waals surface area contributed by atoms with Crippen LogP contribution in [-0.2, 0) is 0 Å². The van der Waals surface area contributed by atoms with Gasteiger partial charge in [0.2, 0.25) is 0 Å². The lowest BCUT2D eigenvalue weighted by molar-refractivity contribution is 0.143. The van der Waals surface area contributed by atoms with E-state index < -0.39 is 0 Å². The summed E-state index contributed by atoms with van der Waals surface area (Å²) in [4.78, 5) is 2.69. The number of likely N-dealkylation sites (tertiary alicyclic amines) is 1. The first kappa shape index (κ1) is 17.0. The van der Waals surface area contributed by atoms with Crippen molar-refractivity contribution in [2.45, 2.75) is 66.8 Å². The molecule has 19 heavy (non-hydrogen) atoms. The van der Waals surface area contributed by atoms with Gasteiger partial charge >= 0.3 is 0 Å². The highest BCUT2D eigenvalue weighted by Crippen LogP contribution is 2.35. The number of rotatable bonds is 4. The van der Waals surface area contributed by atoms with Crippen LogP contribution in [0.5, 0.6) is 0 Å². The van der Waals surface area contributed by atoms with Gasteiger partial charge in [-0.05, 0) is 63.1 Å². The average molecular weight is 268 g/mol. The quantitative estimate of drug-likeness (QED) is 0.835. The molecule has 0 aromatic carbocycles. The molecular formula is C17H36N2. The summed E-state index contributed by atoms with van der Waals surface area (Å²) in [6, 6.07) is 0.564. The maximum Gasteiger partial charge on any atom is 0.00991 e. The van der Waals surface area contributed by atoms with Crippen LogP contribution >= 0.6 is 0 Å². The van der Waals surface area contributed by atoms with Crippen LogP contribution in [0.15, 0.2) is 0 Å². The van der Waals surface area contributed by atoms with Gasteiger partial charge in [0.25, 0.3) is 0 Å². The van der Waals surface area contributed by atoms with Gasteiger partial charge in [-0.1, -0.05) is 34.6 Å². The first-order chi connectivity index (χ1) is 8.66. The summed E-state index contributed by atoms with van der Waals surface area (Å²) in [5.74, 6) is 0.891. The van der Waals surface area contributed by atoms with E-state index in [0.29, 0.717) is 16.9 Å². The average Bonchev–Trinajstić information content (AvgIpc) is 2.52. The topological polar surface area (TPSA) is 15.3 Å². The van der Waals surface area contributed by atoms with E-state index >= 15 is 0 Å². The second-order valence-corrected chi connectivity index (χ2v) is 8.27. The van der Waals surface area contributed by atoms with E-state index in [1.165, 1.54) is 38.9 Å². The fourth-order valence-electron chi connectivity index (χ4n) is 3.28. The molecule has 0 spiro atoms. The van der Waals surface area contributed by atoms with Crippen LogP contribution in [0.25, 0.3) is 0 Å². The van der Waals surface area contributed by atoms with Gasteiger partial charge in [-0.25, -0.2) is 0 Å². The van der Waals surface area contributed by atoms with E-state index in [9.17, 15) is 0 Å². The first-order valence-electron chi connectivity index (χ1n) is 8.06. The predicted molar refractivity (Wildman–Crippen MR) is 85.5 cm³/mol. The maximum atomic E-state index is 3.42. The number of hydrogen-bond donors (Lipinski definition) is 1. The van der Waals surface area contributed by atoms with E-state index in [4.69, 9.17) is 0 Å². The highest BCUT2D eigenvalue weighted by atomic mass is 15.1. The SMILES string of the molecule is CNC(C)C(C)(C)CN1CCCC(C(C)(C)C)CC1. The molecule has 1 heterocycles. The molecule has 2 unspecified atom stereocenters. The third kappa shape index (κ3) is 5.07. The van der Waals surface area contributed by atoms with Crippen molar-refractivity contribution in [3.05, 3.63) is 0 Å². The molecule has 1 aliphatic rings. The molecule has 0 bridgehead atoms. The lowest BCUT2D eigenvalue weighted by Crippen LogP contribution is -2.46. The number of nitrogens with zero attached hydrogens (tertiary/aromatic N) is 1. The van der Waals surface area contributed by atoms with Gasteiger partial charge in [-0.3, -0.25) is 0 Å².